The summed E-state index contributed by atoms with van der Waals surface area (Å²) in [6.07, 6.45) is 0. The number of halogens is 2. The quantitative estimate of drug-likeness (QED) is 0.653. The Labute approximate surface area is 182 Å². The molecule has 0 spiro atoms. The molecule has 2 amide bonds. The van der Waals surface area contributed by atoms with Gasteiger partial charge >= 0.3 is 0 Å². The summed E-state index contributed by atoms with van der Waals surface area (Å²) in [7, 11) is 3.86. The van der Waals surface area contributed by atoms with Crippen LogP contribution < -0.4 is 10.6 Å². The first-order valence-corrected chi connectivity index (χ1v) is 10.2. The summed E-state index contributed by atoms with van der Waals surface area (Å²) in [6.45, 7) is 4.13. The van der Waals surface area contributed by atoms with E-state index in [4.69, 9.17) is 23.2 Å². The van der Waals surface area contributed by atoms with Crippen molar-refractivity contribution in [3.63, 3.8) is 0 Å². The van der Waals surface area contributed by atoms with Crippen molar-refractivity contribution in [1.82, 2.24) is 15.5 Å². The summed E-state index contributed by atoms with van der Waals surface area (Å²) in [6, 6.07) is 13.5. The summed E-state index contributed by atoms with van der Waals surface area (Å²) >= 11 is 12.4. The van der Waals surface area contributed by atoms with Crippen LogP contribution in [0.3, 0.4) is 0 Å². The molecule has 0 saturated carbocycles. The molecule has 2 rings (SSSR count). The van der Waals surface area contributed by atoms with Crippen LogP contribution in [0.15, 0.2) is 48.5 Å². The van der Waals surface area contributed by atoms with Crippen molar-refractivity contribution in [2.24, 2.45) is 5.92 Å². The maximum Gasteiger partial charge on any atom is 0.253 e. The molecule has 0 radical (unpaired) electrons. The van der Waals surface area contributed by atoms with E-state index in [1.807, 2.05) is 57.1 Å². The highest BCUT2D eigenvalue weighted by Gasteiger charge is 2.26. The van der Waals surface area contributed by atoms with Crippen LogP contribution in [0, 0.1) is 5.92 Å². The molecule has 29 heavy (non-hydrogen) atoms. The molecule has 2 aromatic carbocycles. The van der Waals surface area contributed by atoms with E-state index in [0.717, 1.165) is 5.56 Å². The van der Waals surface area contributed by atoms with Crippen LogP contribution in [0.2, 0.25) is 10.0 Å². The highest BCUT2D eigenvalue weighted by Crippen LogP contribution is 2.25. The third kappa shape index (κ3) is 6.20. The number of amides is 2. The van der Waals surface area contributed by atoms with Crippen molar-refractivity contribution >= 4 is 35.0 Å². The lowest BCUT2D eigenvalue weighted by Gasteiger charge is -2.28. The molecule has 5 nitrogen and oxygen atoms in total. The van der Waals surface area contributed by atoms with Gasteiger partial charge in [-0.15, -0.1) is 0 Å². The summed E-state index contributed by atoms with van der Waals surface area (Å²) in [5, 5.41) is 6.75. The van der Waals surface area contributed by atoms with Crippen LogP contribution in [0.1, 0.15) is 35.8 Å². The average molecular weight is 436 g/mol. The molecule has 7 heteroatoms. The second-order valence-corrected chi connectivity index (χ2v) is 8.24. The number of rotatable bonds is 8. The maximum absolute atomic E-state index is 12.9. The molecule has 0 heterocycles. The molecule has 2 aromatic rings. The van der Waals surface area contributed by atoms with Gasteiger partial charge in [-0.25, -0.2) is 0 Å². The SMILES string of the molecule is CC(C)[C@@H](NC(=O)c1ccccc1Cl)C(=O)NC[C@H](c1ccccc1Cl)N(C)C. The highest BCUT2D eigenvalue weighted by atomic mass is 35.5. The zero-order valence-electron chi connectivity index (χ0n) is 17.1. The third-order valence-electron chi connectivity index (χ3n) is 4.71. The predicted octanol–water partition coefficient (Wildman–Crippen LogP) is 4.17. The first-order chi connectivity index (χ1) is 13.7. The normalized spacial score (nSPS) is 13.2. The van der Waals surface area contributed by atoms with Crippen LogP contribution in [0.25, 0.3) is 0 Å². The van der Waals surface area contributed by atoms with Gasteiger partial charge in [0.25, 0.3) is 5.91 Å². The standard InChI is InChI=1S/C22H27Cl2N3O2/c1-14(2)20(26-21(28)16-10-6-8-12-18(16)24)22(29)25-13-19(27(3)4)15-9-5-7-11-17(15)23/h5-12,14,19-20H,13H2,1-4H3,(H,25,29)(H,26,28)/t19-,20-/m1/s1. The van der Waals surface area contributed by atoms with Gasteiger partial charge < -0.3 is 15.5 Å². The van der Waals surface area contributed by atoms with Gasteiger partial charge in [-0.3, -0.25) is 9.59 Å². The minimum atomic E-state index is -0.687. The van der Waals surface area contributed by atoms with Crippen molar-refractivity contribution in [2.45, 2.75) is 25.9 Å². The minimum absolute atomic E-state index is 0.0975. The topological polar surface area (TPSA) is 61.4 Å². The zero-order valence-corrected chi connectivity index (χ0v) is 18.6. The zero-order chi connectivity index (χ0) is 21.6. The van der Waals surface area contributed by atoms with Crippen molar-refractivity contribution in [3.8, 4) is 0 Å². The number of hydrogen-bond acceptors (Lipinski definition) is 3. The van der Waals surface area contributed by atoms with Gasteiger partial charge in [0.05, 0.1) is 16.6 Å². The largest absolute Gasteiger partial charge is 0.352 e. The molecule has 0 fully saturated rings. The van der Waals surface area contributed by atoms with Gasteiger partial charge in [-0.2, -0.15) is 0 Å². The van der Waals surface area contributed by atoms with Crippen molar-refractivity contribution in [3.05, 3.63) is 69.7 Å². The number of carbonyl (C=O) groups excluding carboxylic acids is 2. The van der Waals surface area contributed by atoms with Gasteiger partial charge in [0.15, 0.2) is 0 Å². The fourth-order valence-corrected chi connectivity index (χ4v) is 3.51. The number of likely N-dealkylation sites (N-methyl/N-ethyl adjacent to an activating group) is 1. The van der Waals surface area contributed by atoms with E-state index < -0.39 is 6.04 Å². The number of benzene rings is 2. The fourth-order valence-electron chi connectivity index (χ4n) is 3.02. The van der Waals surface area contributed by atoms with Gasteiger partial charge in [0, 0.05) is 11.6 Å². The van der Waals surface area contributed by atoms with Crippen LogP contribution in [-0.4, -0.2) is 43.4 Å². The molecule has 2 atom stereocenters. The average Bonchev–Trinajstić information content (AvgIpc) is 2.67. The van der Waals surface area contributed by atoms with E-state index in [2.05, 4.69) is 10.6 Å². The molecule has 0 aliphatic heterocycles. The Balaban J connectivity index is 2.10. The van der Waals surface area contributed by atoms with E-state index >= 15 is 0 Å². The van der Waals surface area contributed by atoms with Crippen molar-refractivity contribution in [2.75, 3.05) is 20.6 Å². The van der Waals surface area contributed by atoms with Gasteiger partial charge in [-0.1, -0.05) is 67.4 Å². The molecule has 0 aromatic heterocycles. The van der Waals surface area contributed by atoms with E-state index in [1.54, 1.807) is 24.3 Å². The first-order valence-electron chi connectivity index (χ1n) is 9.46. The minimum Gasteiger partial charge on any atom is -0.352 e. The number of carbonyl (C=O) groups is 2. The second-order valence-electron chi connectivity index (χ2n) is 7.42. The Morgan fingerprint density at radius 3 is 2.10 bits per heavy atom. The molecule has 0 aliphatic carbocycles. The molecule has 0 aliphatic rings. The maximum atomic E-state index is 12.9. The van der Waals surface area contributed by atoms with Crippen molar-refractivity contribution < 1.29 is 9.59 Å². The van der Waals surface area contributed by atoms with E-state index in [-0.39, 0.29) is 23.8 Å². The molecule has 0 unspecified atom stereocenters. The Bertz CT molecular complexity index is 855. The third-order valence-corrected chi connectivity index (χ3v) is 5.39. The Morgan fingerprint density at radius 1 is 0.966 bits per heavy atom. The Morgan fingerprint density at radius 2 is 1.55 bits per heavy atom. The molecule has 2 N–H and O–H groups in total. The highest BCUT2D eigenvalue weighted by molar-refractivity contribution is 6.33. The summed E-state index contributed by atoms with van der Waals surface area (Å²) < 4.78 is 0. The lowest BCUT2D eigenvalue weighted by molar-refractivity contribution is -0.124. The number of hydrogen-bond donors (Lipinski definition) is 2. The molecule has 0 bridgehead atoms. The number of nitrogens with one attached hydrogen (secondary N) is 2. The Hall–Kier alpha value is -2.08. The van der Waals surface area contributed by atoms with Gasteiger partial charge in [-0.05, 0) is 43.8 Å². The van der Waals surface area contributed by atoms with Gasteiger partial charge in [0.2, 0.25) is 5.91 Å². The molecule has 156 valence electrons. The van der Waals surface area contributed by atoms with Crippen LogP contribution >= 0.6 is 23.2 Å². The predicted molar refractivity (Wildman–Crippen MR) is 118 cm³/mol. The van der Waals surface area contributed by atoms with Crippen LogP contribution in [0.4, 0.5) is 0 Å². The first kappa shape index (κ1) is 23.2. The second kappa shape index (κ2) is 10.6. The monoisotopic (exact) mass is 435 g/mol. The molecular formula is C22H27Cl2N3O2. The smallest absolute Gasteiger partial charge is 0.253 e. The van der Waals surface area contributed by atoms with Crippen LogP contribution in [0.5, 0.6) is 0 Å². The van der Waals surface area contributed by atoms with E-state index in [9.17, 15) is 9.59 Å². The summed E-state index contributed by atoms with van der Waals surface area (Å²) in [5.41, 5.74) is 1.27. The Kier molecular flexibility index (Phi) is 8.50. The number of nitrogens with zero attached hydrogens (tertiary/aromatic N) is 1. The summed E-state index contributed by atoms with van der Waals surface area (Å²) in [5.74, 6) is -0.724. The molecule has 0 saturated heterocycles. The lowest BCUT2D eigenvalue weighted by Crippen LogP contribution is -2.51. The van der Waals surface area contributed by atoms with E-state index in [0.29, 0.717) is 22.2 Å². The lowest BCUT2D eigenvalue weighted by atomic mass is 10.0. The van der Waals surface area contributed by atoms with Gasteiger partial charge in [0.1, 0.15) is 6.04 Å². The van der Waals surface area contributed by atoms with E-state index in [1.165, 1.54) is 0 Å². The molecular weight excluding hydrogens is 409 g/mol. The summed E-state index contributed by atoms with van der Waals surface area (Å²) in [4.78, 5) is 27.5. The van der Waals surface area contributed by atoms with Crippen LogP contribution in [-0.2, 0) is 4.79 Å². The van der Waals surface area contributed by atoms with Crippen molar-refractivity contribution in [1.29, 1.82) is 0 Å². The fraction of sp³-hybridized carbons (Fsp3) is 0.364.